The zero-order valence-electron chi connectivity index (χ0n) is 13.9. The Labute approximate surface area is 145 Å². The van der Waals surface area contributed by atoms with Crippen molar-refractivity contribution in [1.82, 2.24) is 10.3 Å². The fourth-order valence-electron chi connectivity index (χ4n) is 2.84. The summed E-state index contributed by atoms with van der Waals surface area (Å²) in [6.45, 7) is 0.435. The van der Waals surface area contributed by atoms with Gasteiger partial charge in [0.1, 0.15) is 11.5 Å². The average Bonchev–Trinajstić information content (AvgIpc) is 3.01. The fraction of sp³-hybridized carbons (Fsp3) is 0.412. The fourth-order valence-corrected chi connectivity index (χ4v) is 3.89. The molecule has 3 rings (SSSR count). The lowest BCUT2D eigenvalue weighted by atomic mass is 10.0. The van der Waals surface area contributed by atoms with E-state index in [9.17, 15) is 0 Å². The van der Waals surface area contributed by atoms with Crippen LogP contribution in [0.3, 0.4) is 0 Å². The van der Waals surface area contributed by atoms with E-state index in [1.54, 1.807) is 25.6 Å². The largest absolute Gasteiger partial charge is 0.496 e. The van der Waals surface area contributed by atoms with Gasteiger partial charge in [0, 0.05) is 4.88 Å². The highest BCUT2D eigenvalue weighted by Gasteiger charge is 2.16. The van der Waals surface area contributed by atoms with Crippen LogP contribution in [0.4, 0.5) is 5.13 Å². The predicted octanol–water partition coefficient (Wildman–Crippen LogP) is 3.18. The molecule has 0 bridgehead atoms. The monoisotopic (exact) mass is 346 g/mol. The number of nitrogens with one attached hydrogen (secondary N) is 3. The topological polar surface area (TPSA) is 79.3 Å². The van der Waals surface area contributed by atoms with Crippen molar-refractivity contribution in [2.75, 3.05) is 19.5 Å². The van der Waals surface area contributed by atoms with Crippen molar-refractivity contribution in [2.24, 2.45) is 0 Å². The van der Waals surface area contributed by atoms with Gasteiger partial charge in [0.15, 0.2) is 11.1 Å². The molecule has 1 aromatic heterocycles. The quantitative estimate of drug-likeness (QED) is 0.572. The summed E-state index contributed by atoms with van der Waals surface area (Å²) in [6, 6.07) is 5.64. The second kappa shape index (κ2) is 7.53. The van der Waals surface area contributed by atoms with Crippen LogP contribution < -0.4 is 20.1 Å². The van der Waals surface area contributed by atoms with Crippen molar-refractivity contribution in [2.45, 2.75) is 32.2 Å². The first-order chi connectivity index (χ1) is 11.7. The minimum atomic E-state index is 0.217. The molecular formula is C17H22N4O2S. The van der Waals surface area contributed by atoms with Crippen molar-refractivity contribution in [3.8, 4) is 11.5 Å². The van der Waals surface area contributed by atoms with Crippen molar-refractivity contribution >= 4 is 22.4 Å². The van der Waals surface area contributed by atoms with Crippen LogP contribution in [0.15, 0.2) is 18.2 Å². The predicted molar refractivity (Wildman–Crippen MR) is 96.5 cm³/mol. The van der Waals surface area contributed by atoms with E-state index in [1.165, 1.54) is 23.4 Å². The third-order valence-corrected chi connectivity index (χ3v) is 5.12. The summed E-state index contributed by atoms with van der Waals surface area (Å²) in [6.07, 6.45) is 4.60. The second-order valence-corrected chi connectivity index (χ2v) is 6.67. The molecule has 0 saturated heterocycles. The van der Waals surface area contributed by atoms with Crippen LogP contribution in [0.25, 0.3) is 0 Å². The van der Waals surface area contributed by atoms with E-state index < -0.39 is 0 Å². The minimum absolute atomic E-state index is 0.217. The van der Waals surface area contributed by atoms with Crippen LogP contribution in [0.5, 0.6) is 11.5 Å². The Morgan fingerprint density at radius 2 is 1.92 bits per heavy atom. The molecule has 1 heterocycles. The van der Waals surface area contributed by atoms with Gasteiger partial charge >= 0.3 is 0 Å². The standard InChI is InChI=1S/C17H22N4O2S/c1-22-13-7-5-8-14(23-2)11(13)10-19-16(18)21-17-20-12-6-3-4-9-15(12)24-17/h5,7-8H,3-4,6,9-10H2,1-2H3,(H3,18,19,20,21). The van der Waals surface area contributed by atoms with Crippen LogP contribution in [0.2, 0.25) is 0 Å². The second-order valence-electron chi connectivity index (χ2n) is 5.59. The number of hydrogen-bond acceptors (Lipinski definition) is 5. The highest BCUT2D eigenvalue weighted by Crippen LogP contribution is 2.30. The molecule has 7 heteroatoms. The molecule has 1 aromatic carbocycles. The summed E-state index contributed by atoms with van der Waals surface area (Å²) in [5, 5.41) is 15.0. The first-order valence-corrected chi connectivity index (χ1v) is 8.80. The molecule has 1 aliphatic carbocycles. The van der Waals surface area contributed by atoms with E-state index in [2.05, 4.69) is 15.6 Å². The lowest BCUT2D eigenvalue weighted by Gasteiger charge is -2.14. The Morgan fingerprint density at radius 1 is 1.21 bits per heavy atom. The van der Waals surface area contributed by atoms with Gasteiger partial charge in [-0.25, -0.2) is 4.98 Å². The Bertz CT molecular complexity index is 684. The number of aryl methyl sites for hydroxylation is 2. The maximum Gasteiger partial charge on any atom is 0.195 e. The number of nitrogens with zero attached hydrogens (tertiary/aromatic N) is 1. The molecule has 0 amide bonds. The molecule has 0 atom stereocenters. The maximum absolute atomic E-state index is 8.10. The van der Waals surface area contributed by atoms with Gasteiger partial charge in [0.2, 0.25) is 0 Å². The molecule has 128 valence electrons. The number of aromatic nitrogens is 1. The van der Waals surface area contributed by atoms with Crippen molar-refractivity contribution in [3.63, 3.8) is 0 Å². The zero-order valence-corrected chi connectivity index (χ0v) is 14.8. The molecule has 2 aromatic rings. The summed E-state index contributed by atoms with van der Waals surface area (Å²) in [5.41, 5.74) is 2.07. The third kappa shape index (κ3) is 3.62. The molecule has 0 radical (unpaired) electrons. The zero-order chi connectivity index (χ0) is 16.9. The molecule has 0 spiro atoms. The molecule has 24 heavy (non-hydrogen) atoms. The third-order valence-electron chi connectivity index (χ3n) is 4.05. The number of hydrogen-bond donors (Lipinski definition) is 3. The van der Waals surface area contributed by atoms with Crippen LogP contribution >= 0.6 is 11.3 Å². The molecule has 0 saturated carbocycles. The number of ether oxygens (including phenoxy) is 2. The van der Waals surface area contributed by atoms with Gasteiger partial charge in [-0.1, -0.05) is 6.07 Å². The molecule has 3 N–H and O–H groups in total. The number of fused-ring (bicyclic) bond motifs is 1. The summed E-state index contributed by atoms with van der Waals surface area (Å²) < 4.78 is 10.7. The maximum atomic E-state index is 8.10. The van der Waals surface area contributed by atoms with E-state index in [0.717, 1.165) is 35.0 Å². The van der Waals surface area contributed by atoms with Gasteiger partial charge in [-0.2, -0.15) is 0 Å². The van der Waals surface area contributed by atoms with E-state index in [4.69, 9.17) is 14.9 Å². The van der Waals surface area contributed by atoms with E-state index >= 15 is 0 Å². The van der Waals surface area contributed by atoms with Crippen LogP contribution in [-0.2, 0) is 19.4 Å². The lowest BCUT2D eigenvalue weighted by Crippen LogP contribution is -2.29. The number of methoxy groups -OCH3 is 2. The Hall–Kier alpha value is -2.28. The molecule has 0 unspecified atom stereocenters. The molecule has 6 nitrogen and oxygen atoms in total. The average molecular weight is 346 g/mol. The number of benzene rings is 1. The number of anilines is 1. The van der Waals surface area contributed by atoms with Gasteiger partial charge in [-0.05, 0) is 37.8 Å². The van der Waals surface area contributed by atoms with Crippen LogP contribution in [0.1, 0.15) is 29.0 Å². The highest BCUT2D eigenvalue weighted by molar-refractivity contribution is 7.15. The number of guanidine groups is 1. The summed E-state index contributed by atoms with van der Waals surface area (Å²) >= 11 is 1.65. The first kappa shape index (κ1) is 16.6. The van der Waals surface area contributed by atoms with Crippen molar-refractivity contribution in [3.05, 3.63) is 34.3 Å². The normalized spacial score (nSPS) is 13.1. The SMILES string of the molecule is COc1cccc(OC)c1CNC(=N)Nc1nc2c(s1)CCCC2. The minimum Gasteiger partial charge on any atom is -0.496 e. The van der Waals surface area contributed by atoms with Crippen molar-refractivity contribution < 1.29 is 9.47 Å². The van der Waals surface area contributed by atoms with Gasteiger partial charge in [0.05, 0.1) is 32.0 Å². The smallest absolute Gasteiger partial charge is 0.195 e. The van der Waals surface area contributed by atoms with Gasteiger partial charge in [0.25, 0.3) is 0 Å². The molecule has 0 aliphatic heterocycles. The molecule has 1 aliphatic rings. The molecule has 0 fully saturated rings. The Kier molecular flexibility index (Phi) is 5.20. The van der Waals surface area contributed by atoms with E-state index in [1.807, 2.05) is 18.2 Å². The first-order valence-electron chi connectivity index (χ1n) is 7.99. The van der Waals surface area contributed by atoms with Gasteiger partial charge in [-0.15, -0.1) is 11.3 Å². The Morgan fingerprint density at radius 3 is 2.58 bits per heavy atom. The van der Waals surface area contributed by atoms with Gasteiger partial charge < -0.3 is 20.1 Å². The van der Waals surface area contributed by atoms with E-state index in [0.29, 0.717) is 6.54 Å². The number of thiazole rings is 1. The Balaban J connectivity index is 1.63. The summed E-state index contributed by atoms with van der Waals surface area (Å²) in [5.74, 6) is 1.69. The number of rotatable bonds is 5. The lowest BCUT2D eigenvalue weighted by molar-refractivity contribution is 0.384. The molecular weight excluding hydrogens is 324 g/mol. The summed E-state index contributed by atoms with van der Waals surface area (Å²) in [7, 11) is 3.25. The van der Waals surface area contributed by atoms with Gasteiger partial charge in [-0.3, -0.25) is 5.41 Å². The van der Waals surface area contributed by atoms with Crippen LogP contribution in [0, 0.1) is 5.41 Å². The van der Waals surface area contributed by atoms with Crippen LogP contribution in [-0.4, -0.2) is 25.2 Å². The van der Waals surface area contributed by atoms with Crippen molar-refractivity contribution in [1.29, 1.82) is 5.41 Å². The highest BCUT2D eigenvalue weighted by atomic mass is 32.1. The summed E-state index contributed by atoms with van der Waals surface area (Å²) in [4.78, 5) is 5.94. The van der Waals surface area contributed by atoms with E-state index in [-0.39, 0.29) is 5.96 Å².